The normalized spacial score (nSPS) is 11.1. The van der Waals surface area contributed by atoms with Crippen LogP contribution in [0.2, 0.25) is 0 Å². The Kier molecular flexibility index (Phi) is 11.8. The minimum atomic E-state index is 0.772. The summed E-state index contributed by atoms with van der Waals surface area (Å²) in [6.45, 7) is 6.69. The van der Waals surface area contributed by atoms with Gasteiger partial charge in [-0.25, -0.2) is 0 Å². The summed E-state index contributed by atoms with van der Waals surface area (Å²) in [6.07, 6.45) is 8.50. The first-order valence-electron chi connectivity index (χ1n) is 6.96. The van der Waals surface area contributed by atoms with Crippen LogP contribution in [0.3, 0.4) is 0 Å². The highest BCUT2D eigenvalue weighted by atomic mass is 14.8. The Morgan fingerprint density at radius 1 is 1.06 bits per heavy atom. The predicted molar refractivity (Wildman–Crippen MR) is 77.0 cm³/mol. The Morgan fingerprint density at radius 3 is 2.00 bits per heavy atom. The van der Waals surface area contributed by atoms with E-state index in [-0.39, 0.29) is 0 Å². The van der Waals surface area contributed by atoms with E-state index in [0.717, 1.165) is 44.8 Å². The van der Waals surface area contributed by atoms with Crippen molar-refractivity contribution in [3.63, 3.8) is 0 Å². The topological polar surface area (TPSA) is 64.1 Å². The van der Waals surface area contributed by atoms with Crippen molar-refractivity contribution in [2.24, 2.45) is 17.4 Å². The van der Waals surface area contributed by atoms with Gasteiger partial charge < -0.3 is 16.8 Å². The van der Waals surface area contributed by atoms with Crippen molar-refractivity contribution in [2.75, 3.05) is 26.7 Å². The molecule has 0 aromatic rings. The number of unbranched alkanes of at least 4 members (excludes halogenated alkanes) is 2. The first-order valence-corrected chi connectivity index (χ1v) is 6.96. The van der Waals surface area contributed by atoms with Crippen molar-refractivity contribution in [1.82, 2.24) is 5.32 Å². The van der Waals surface area contributed by atoms with Crippen molar-refractivity contribution in [1.29, 1.82) is 0 Å². The third-order valence-electron chi connectivity index (χ3n) is 3.14. The number of hydrogen-bond donors (Lipinski definition) is 3. The molecule has 0 aromatic heterocycles. The van der Waals surface area contributed by atoms with Gasteiger partial charge in [-0.2, -0.15) is 0 Å². The lowest BCUT2D eigenvalue weighted by Crippen LogP contribution is -2.13. The maximum atomic E-state index is 5.54. The molecule has 0 heterocycles. The van der Waals surface area contributed by atoms with Gasteiger partial charge >= 0.3 is 0 Å². The molecule has 0 atom stereocenters. The maximum Gasteiger partial charge on any atom is 0.0159 e. The molecule has 0 radical (unpaired) electrons. The molecule has 3 heteroatoms. The van der Waals surface area contributed by atoms with Crippen LogP contribution in [0.4, 0.5) is 0 Å². The van der Waals surface area contributed by atoms with Gasteiger partial charge in [0.2, 0.25) is 0 Å². The number of nitrogens with two attached hydrogens (primary N) is 2. The van der Waals surface area contributed by atoms with Gasteiger partial charge in [-0.05, 0) is 45.3 Å². The second kappa shape index (κ2) is 12.1. The fraction of sp³-hybridized carbons (Fsp3) is 0.857. The molecule has 0 aliphatic heterocycles. The fourth-order valence-corrected chi connectivity index (χ4v) is 2.23. The van der Waals surface area contributed by atoms with Crippen LogP contribution < -0.4 is 16.8 Å². The molecule has 102 valence electrons. The van der Waals surface area contributed by atoms with Gasteiger partial charge in [0.25, 0.3) is 0 Å². The quantitative estimate of drug-likeness (QED) is 0.362. The zero-order valence-electron chi connectivity index (χ0n) is 11.5. The largest absolute Gasteiger partial charge is 0.330 e. The highest BCUT2D eigenvalue weighted by Crippen LogP contribution is 2.22. The highest BCUT2D eigenvalue weighted by Gasteiger charge is 2.09. The van der Waals surface area contributed by atoms with Gasteiger partial charge in [-0.15, -0.1) is 0 Å². The molecule has 0 aromatic carbocycles. The zero-order chi connectivity index (χ0) is 12.9. The molecule has 0 aliphatic carbocycles. The van der Waals surface area contributed by atoms with E-state index in [2.05, 4.69) is 11.9 Å². The maximum absolute atomic E-state index is 5.54. The third kappa shape index (κ3) is 10.5. The smallest absolute Gasteiger partial charge is 0.0159 e. The fourth-order valence-electron chi connectivity index (χ4n) is 2.23. The van der Waals surface area contributed by atoms with Gasteiger partial charge in [0.1, 0.15) is 0 Å². The van der Waals surface area contributed by atoms with E-state index >= 15 is 0 Å². The molecule has 3 nitrogen and oxygen atoms in total. The van der Waals surface area contributed by atoms with Crippen LogP contribution in [-0.4, -0.2) is 26.7 Å². The molecule has 0 rings (SSSR count). The van der Waals surface area contributed by atoms with Crippen LogP contribution in [0.15, 0.2) is 12.2 Å². The minimum absolute atomic E-state index is 0.772. The summed E-state index contributed by atoms with van der Waals surface area (Å²) in [4.78, 5) is 0. The molecule has 0 saturated heterocycles. The number of hydrogen-bond acceptors (Lipinski definition) is 3. The first-order chi connectivity index (χ1) is 8.24. The summed E-state index contributed by atoms with van der Waals surface area (Å²) >= 11 is 0. The Morgan fingerprint density at radius 2 is 1.59 bits per heavy atom. The number of nitrogens with one attached hydrogen (secondary N) is 1. The second-order valence-corrected chi connectivity index (χ2v) is 4.92. The summed E-state index contributed by atoms with van der Waals surface area (Å²) < 4.78 is 0. The molecule has 5 N–H and O–H groups in total. The van der Waals surface area contributed by atoms with Crippen LogP contribution in [0.1, 0.15) is 44.9 Å². The summed E-state index contributed by atoms with van der Waals surface area (Å²) in [5.74, 6) is 0.772. The van der Waals surface area contributed by atoms with E-state index in [1.807, 2.05) is 7.05 Å². The van der Waals surface area contributed by atoms with Crippen LogP contribution in [0, 0.1) is 5.92 Å². The summed E-state index contributed by atoms with van der Waals surface area (Å²) in [5, 5.41) is 3.17. The molecule has 0 bridgehead atoms. The van der Waals surface area contributed by atoms with Crippen molar-refractivity contribution >= 4 is 0 Å². The molecule has 0 unspecified atom stereocenters. The van der Waals surface area contributed by atoms with Crippen LogP contribution in [0.25, 0.3) is 0 Å². The van der Waals surface area contributed by atoms with Crippen LogP contribution >= 0.6 is 0 Å². The molecule has 0 saturated carbocycles. The van der Waals surface area contributed by atoms with Crippen molar-refractivity contribution in [3.8, 4) is 0 Å². The van der Waals surface area contributed by atoms with Gasteiger partial charge in [0, 0.05) is 6.54 Å². The lowest BCUT2D eigenvalue weighted by atomic mass is 9.90. The zero-order valence-corrected chi connectivity index (χ0v) is 11.5. The molecule has 17 heavy (non-hydrogen) atoms. The predicted octanol–water partition coefficient (Wildman–Crippen LogP) is 2.03. The van der Waals surface area contributed by atoms with Crippen LogP contribution in [-0.2, 0) is 0 Å². The van der Waals surface area contributed by atoms with Gasteiger partial charge in [0.05, 0.1) is 0 Å². The Labute approximate surface area is 107 Å². The molecule has 0 fully saturated rings. The van der Waals surface area contributed by atoms with E-state index in [1.165, 1.54) is 31.3 Å². The molecular weight excluding hydrogens is 210 g/mol. The van der Waals surface area contributed by atoms with Crippen molar-refractivity contribution in [3.05, 3.63) is 12.2 Å². The average Bonchev–Trinajstić information content (AvgIpc) is 2.29. The number of likely N-dealkylation sites (N-methyl/N-ethyl adjacent to an activating group) is 1. The minimum Gasteiger partial charge on any atom is -0.330 e. The van der Waals surface area contributed by atoms with E-state index in [0.29, 0.717) is 0 Å². The summed E-state index contributed by atoms with van der Waals surface area (Å²) in [7, 11) is 1.98. The lowest BCUT2D eigenvalue weighted by Gasteiger charge is -2.18. The van der Waals surface area contributed by atoms with Crippen molar-refractivity contribution in [2.45, 2.75) is 44.9 Å². The first kappa shape index (κ1) is 16.6. The SMILES string of the molecule is C=C(CNC)CC(CCCCN)CCCCN. The number of rotatable bonds is 12. The lowest BCUT2D eigenvalue weighted by molar-refractivity contribution is 0.409. The Balaban J connectivity index is 3.86. The van der Waals surface area contributed by atoms with Gasteiger partial charge in [0.15, 0.2) is 0 Å². The van der Waals surface area contributed by atoms with Crippen molar-refractivity contribution < 1.29 is 0 Å². The van der Waals surface area contributed by atoms with E-state index < -0.39 is 0 Å². The molecular formula is C14H31N3. The van der Waals surface area contributed by atoms with E-state index in [1.54, 1.807) is 0 Å². The Hall–Kier alpha value is -0.380. The third-order valence-corrected chi connectivity index (χ3v) is 3.14. The average molecular weight is 241 g/mol. The summed E-state index contributed by atoms with van der Waals surface area (Å²) in [6, 6.07) is 0. The summed E-state index contributed by atoms with van der Waals surface area (Å²) in [5.41, 5.74) is 12.4. The standard InChI is InChI=1S/C14H31N3/c1-13(12-17-2)11-14(7-3-5-9-15)8-4-6-10-16/h14,17H,1,3-12,15-16H2,2H3. The second-order valence-electron chi connectivity index (χ2n) is 4.92. The monoisotopic (exact) mass is 241 g/mol. The van der Waals surface area contributed by atoms with Gasteiger partial charge in [-0.3, -0.25) is 0 Å². The van der Waals surface area contributed by atoms with Crippen LogP contribution in [0.5, 0.6) is 0 Å². The highest BCUT2D eigenvalue weighted by molar-refractivity contribution is 4.97. The molecule has 0 aliphatic rings. The molecule has 0 amide bonds. The van der Waals surface area contributed by atoms with E-state index in [4.69, 9.17) is 11.5 Å². The Bertz CT molecular complexity index is 170. The molecule has 0 spiro atoms. The van der Waals surface area contributed by atoms with E-state index in [9.17, 15) is 0 Å². The van der Waals surface area contributed by atoms with Gasteiger partial charge in [-0.1, -0.05) is 37.8 Å².